The second kappa shape index (κ2) is 7.73. The van der Waals surface area contributed by atoms with Crippen molar-refractivity contribution in [1.82, 2.24) is 10.6 Å². The molecule has 1 heterocycles. The molecular formula is C13H24N2O4S. The highest BCUT2D eigenvalue weighted by Crippen LogP contribution is 2.23. The molecule has 0 aromatic rings. The van der Waals surface area contributed by atoms with Crippen LogP contribution in [-0.2, 0) is 9.53 Å². The maximum absolute atomic E-state index is 11.9. The quantitative estimate of drug-likeness (QED) is 0.691. The fourth-order valence-electron chi connectivity index (χ4n) is 2.23. The zero-order valence-corrected chi connectivity index (χ0v) is 13.1. The minimum absolute atomic E-state index is 0.0220. The lowest BCUT2D eigenvalue weighted by Crippen LogP contribution is -2.52. The first-order valence-corrected chi connectivity index (χ1v) is 8.16. The summed E-state index contributed by atoms with van der Waals surface area (Å²) in [7, 11) is 0. The maximum Gasteiger partial charge on any atom is 0.326 e. The normalized spacial score (nSPS) is 22.9. The molecule has 0 bridgehead atoms. The highest BCUT2D eigenvalue weighted by Gasteiger charge is 2.30. The summed E-state index contributed by atoms with van der Waals surface area (Å²) >= 11 is 1.56. The van der Waals surface area contributed by atoms with Crippen molar-refractivity contribution >= 4 is 23.8 Å². The van der Waals surface area contributed by atoms with Gasteiger partial charge in [0.05, 0.1) is 5.60 Å². The van der Waals surface area contributed by atoms with Crippen LogP contribution in [-0.4, -0.2) is 53.4 Å². The minimum Gasteiger partial charge on any atom is -0.480 e. The van der Waals surface area contributed by atoms with Crippen molar-refractivity contribution in [1.29, 1.82) is 0 Å². The Kier molecular flexibility index (Phi) is 6.61. The topological polar surface area (TPSA) is 87.7 Å². The number of ether oxygens (including phenoxy) is 1. The molecule has 0 aromatic heterocycles. The van der Waals surface area contributed by atoms with Crippen molar-refractivity contribution in [3.05, 3.63) is 0 Å². The molecule has 6 nitrogen and oxygen atoms in total. The Bertz CT molecular complexity index is 349. The van der Waals surface area contributed by atoms with Gasteiger partial charge in [0.1, 0.15) is 6.04 Å². The summed E-state index contributed by atoms with van der Waals surface area (Å²) in [6.07, 6.45) is 3.80. The number of amides is 2. The van der Waals surface area contributed by atoms with Crippen LogP contribution in [0.2, 0.25) is 0 Å². The Morgan fingerprint density at radius 3 is 2.75 bits per heavy atom. The van der Waals surface area contributed by atoms with Crippen LogP contribution < -0.4 is 10.6 Å². The second-order valence-electron chi connectivity index (χ2n) is 5.59. The molecule has 7 heteroatoms. The number of rotatable bonds is 6. The van der Waals surface area contributed by atoms with Gasteiger partial charge < -0.3 is 20.5 Å². The van der Waals surface area contributed by atoms with E-state index < -0.39 is 18.0 Å². The van der Waals surface area contributed by atoms with Crippen LogP contribution in [0.5, 0.6) is 0 Å². The van der Waals surface area contributed by atoms with Crippen LogP contribution in [0.25, 0.3) is 0 Å². The Morgan fingerprint density at radius 1 is 1.50 bits per heavy atom. The van der Waals surface area contributed by atoms with E-state index in [1.54, 1.807) is 11.8 Å². The second-order valence-corrected chi connectivity index (χ2v) is 6.57. The number of carbonyl (C=O) groups excluding carboxylic acids is 1. The third kappa shape index (κ3) is 6.00. The van der Waals surface area contributed by atoms with Crippen LogP contribution >= 0.6 is 11.8 Å². The van der Waals surface area contributed by atoms with E-state index in [1.807, 2.05) is 20.1 Å². The molecule has 3 N–H and O–H groups in total. The van der Waals surface area contributed by atoms with E-state index in [9.17, 15) is 9.59 Å². The highest BCUT2D eigenvalue weighted by atomic mass is 32.2. The molecule has 116 valence electrons. The van der Waals surface area contributed by atoms with Gasteiger partial charge in [0, 0.05) is 12.6 Å². The number of urea groups is 1. The van der Waals surface area contributed by atoms with Gasteiger partial charge in [0.25, 0.3) is 0 Å². The predicted octanol–water partition coefficient (Wildman–Crippen LogP) is 1.45. The maximum atomic E-state index is 11.9. The van der Waals surface area contributed by atoms with Crippen molar-refractivity contribution in [3.63, 3.8) is 0 Å². The fraction of sp³-hybridized carbons (Fsp3) is 0.846. The first-order chi connectivity index (χ1) is 9.34. The molecule has 2 atom stereocenters. The monoisotopic (exact) mass is 304 g/mol. The summed E-state index contributed by atoms with van der Waals surface area (Å²) in [4.78, 5) is 22.9. The van der Waals surface area contributed by atoms with Crippen LogP contribution in [0.4, 0.5) is 4.79 Å². The van der Waals surface area contributed by atoms with Gasteiger partial charge >= 0.3 is 12.0 Å². The summed E-state index contributed by atoms with van der Waals surface area (Å²) < 4.78 is 5.58. The lowest BCUT2D eigenvalue weighted by molar-refractivity contribution is -0.139. The van der Waals surface area contributed by atoms with Gasteiger partial charge in [0.2, 0.25) is 0 Å². The van der Waals surface area contributed by atoms with Crippen LogP contribution in [0.1, 0.15) is 33.1 Å². The minimum atomic E-state index is -0.999. The summed E-state index contributed by atoms with van der Waals surface area (Å²) in [5.41, 5.74) is -0.249. The number of hydrogen-bond donors (Lipinski definition) is 3. The Hall–Kier alpha value is -0.950. The van der Waals surface area contributed by atoms with Gasteiger partial charge in [-0.25, -0.2) is 9.59 Å². The molecule has 0 spiro atoms. The number of thioether (sulfide) groups is 1. The lowest BCUT2D eigenvalue weighted by Gasteiger charge is -2.35. The zero-order valence-electron chi connectivity index (χ0n) is 12.3. The van der Waals surface area contributed by atoms with E-state index in [4.69, 9.17) is 9.84 Å². The Balaban J connectivity index is 2.43. The molecule has 1 saturated heterocycles. The number of carboxylic acid groups (broad SMARTS) is 1. The van der Waals surface area contributed by atoms with Gasteiger partial charge in [-0.2, -0.15) is 11.8 Å². The molecule has 20 heavy (non-hydrogen) atoms. The zero-order chi connectivity index (χ0) is 15.2. The van der Waals surface area contributed by atoms with E-state index >= 15 is 0 Å². The van der Waals surface area contributed by atoms with Crippen molar-refractivity contribution < 1.29 is 19.4 Å². The largest absolute Gasteiger partial charge is 0.480 e. The number of hydrogen-bond acceptors (Lipinski definition) is 4. The standard InChI is InChI=1S/C13H24N2O4S/c1-13(2)8-9(4-6-19-13)14-12(18)15-10(11(16)17)5-7-20-3/h9-10H,4-8H2,1-3H3,(H,16,17)(H2,14,15,18). The molecule has 1 aliphatic heterocycles. The average Bonchev–Trinajstić information content (AvgIpc) is 2.32. The molecule has 2 amide bonds. The summed E-state index contributed by atoms with van der Waals surface area (Å²) in [6, 6.07) is -1.23. The van der Waals surface area contributed by atoms with Gasteiger partial charge in [-0.15, -0.1) is 0 Å². The molecule has 0 aliphatic carbocycles. The van der Waals surface area contributed by atoms with E-state index in [0.29, 0.717) is 18.8 Å². The van der Waals surface area contributed by atoms with E-state index in [2.05, 4.69) is 10.6 Å². The molecule has 2 unspecified atom stereocenters. The molecule has 0 aromatic carbocycles. The number of carboxylic acids is 1. The van der Waals surface area contributed by atoms with Crippen molar-refractivity contribution in [3.8, 4) is 0 Å². The molecule has 1 fully saturated rings. The molecule has 0 radical (unpaired) electrons. The summed E-state index contributed by atoms with van der Waals surface area (Å²) in [6.45, 7) is 4.57. The molecule has 0 saturated carbocycles. The Labute approximate surface area is 124 Å². The van der Waals surface area contributed by atoms with Gasteiger partial charge in [0.15, 0.2) is 0 Å². The SMILES string of the molecule is CSCCC(NC(=O)NC1CCOC(C)(C)C1)C(=O)O. The van der Waals surface area contributed by atoms with E-state index in [0.717, 1.165) is 12.8 Å². The van der Waals surface area contributed by atoms with Crippen LogP contribution in [0, 0.1) is 0 Å². The van der Waals surface area contributed by atoms with E-state index in [-0.39, 0.29) is 11.6 Å². The van der Waals surface area contributed by atoms with Crippen LogP contribution in [0.3, 0.4) is 0 Å². The molecular weight excluding hydrogens is 280 g/mol. The number of nitrogens with one attached hydrogen (secondary N) is 2. The average molecular weight is 304 g/mol. The van der Waals surface area contributed by atoms with Gasteiger partial charge in [-0.3, -0.25) is 0 Å². The Morgan fingerprint density at radius 2 is 2.20 bits per heavy atom. The number of aliphatic carboxylic acids is 1. The smallest absolute Gasteiger partial charge is 0.326 e. The first kappa shape index (κ1) is 17.1. The van der Waals surface area contributed by atoms with Crippen molar-refractivity contribution in [2.24, 2.45) is 0 Å². The fourth-order valence-corrected chi connectivity index (χ4v) is 2.70. The van der Waals surface area contributed by atoms with Gasteiger partial charge in [-0.05, 0) is 45.1 Å². The lowest BCUT2D eigenvalue weighted by atomic mass is 9.94. The summed E-state index contributed by atoms with van der Waals surface area (Å²) in [5, 5.41) is 14.4. The predicted molar refractivity (Wildman–Crippen MR) is 79.1 cm³/mol. The van der Waals surface area contributed by atoms with Crippen molar-refractivity contribution in [2.75, 3.05) is 18.6 Å². The molecule has 1 aliphatic rings. The summed E-state index contributed by atoms with van der Waals surface area (Å²) in [5.74, 6) is -0.303. The van der Waals surface area contributed by atoms with Gasteiger partial charge in [-0.1, -0.05) is 0 Å². The van der Waals surface area contributed by atoms with Crippen molar-refractivity contribution in [2.45, 2.75) is 50.8 Å². The van der Waals surface area contributed by atoms with Crippen LogP contribution in [0.15, 0.2) is 0 Å². The third-order valence-corrected chi connectivity index (χ3v) is 3.89. The highest BCUT2D eigenvalue weighted by molar-refractivity contribution is 7.98. The first-order valence-electron chi connectivity index (χ1n) is 6.77. The molecule has 1 rings (SSSR count). The third-order valence-electron chi connectivity index (χ3n) is 3.25. The van der Waals surface area contributed by atoms with E-state index in [1.165, 1.54) is 0 Å². The number of carbonyl (C=O) groups is 2.